The van der Waals surface area contributed by atoms with E-state index in [2.05, 4.69) is 6.58 Å². The van der Waals surface area contributed by atoms with Crippen molar-refractivity contribution in [3.8, 4) is 11.5 Å². The smallest absolute Gasteiger partial charge is 0.454 e. The fraction of sp³-hybridized carbons (Fsp3) is 0.200. The molecule has 0 radical (unpaired) electrons. The quantitative estimate of drug-likeness (QED) is 0.637. The van der Waals surface area contributed by atoms with Crippen LogP contribution >= 0.6 is 0 Å². The second-order valence-corrected chi connectivity index (χ2v) is 6.72. The van der Waals surface area contributed by atoms with Crippen LogP contribution in [0.15, 0.2) is 24.8 Å². The highest BCUT2D eigenvalue weighted by atomic mass is 28.4. The van der Waals surface area contributed by atoms with Gasteiger partial charge in [-0.1, -0.05) is 18.7 Å². The average molecular weight is 192 g/mol. The maximum absolute atomic E-state index is 5.71. The molecule has 1 aliphatic heterocycles. The molecule has 0 fully saturated rings. The Morgan fingerprint density at radius 2 is 1.92 bits per heavy atom. The van der Waals surface area contributed by atoms with Gasteiger partial charge in [-0.2, -0.15) is 0 Å². The molecule has 1 heterocycles. The molecule has 0 N–H and O–H groups in total. The zero-order valence-corrected chi connectivity index (χ0v) is 8.83. The Bertz CT molecular complexity index is 358. The molecule has 2 rings (SSSR count). The van der Waals surface area contributed by atoms with Gasteiger partial charge in [-0.3, -0.25) is 0 Å². The third-order valence-corrected chi connectivity index (χ3v) is 3.34. The first kappa shape index (κ1) is 8.38. The maximum Gasteiger partial charge on any atom is 0.454 e. The van der Waals surface area contributed by atoms with Gasteiger partial charge in [-0.15, -0.1) is 0 Å². The van der Waals surface area contributed by atoms with E-state index >= 15 is 0 Å². The molecular weight excluding hydrogens is 180 g/mol. The molecule has 1 aromatic rings. The number of hydrogen-bond acceptors (Lipinski definition) is 2. The molecule has 1 aliphatic rings. The van der Waals surface area contributed by atoms with Crippen molar-refractivity contribution < 1.29 is 8.85 Å². The van der Waals surface area contributed by atoms with Crippen LogP contribution in [-0.2, 0) is 0 Å². The predicted octanol–water partition coefficient (Wildman–Crippen LogP) is 2.80. The van der Waals surface area contributed by atoms with Gasteiger partial charge in [0.2, 0.25) is 0 Å². The average Bonchev–Trinajstić information content (AvgIpc) is 2.36. The highest BCUT2D eigenvalue weighted by Gasteiger charge is 2.36. The van der Waals surface area contributed by atoms with Crippen molar-refractivity contribution in [2.45, 2.75) is 13.1 Å². The summed E-state index contributed by atoms with van der Waals surface area (Å²) in [5, 5.41) is 0. The molecule has 0 aliphatic carbocycles. The second-order valence-electron chi connectivity index (χ2n) is 3.51. The van der Waals surface area contributed by atoms with Gasteiger partial charge >= 0.3 is 8.56 Å². The Morgan fingerprint density at radius 1 is 1.23 bits per heavy atom. The standard InChI is InChI=1S/C10H12O2Si/c1-4-8-5-6-9-10(7-8)12-13(2,3)11-9/h4-7H,1H2,2-3H3. The summed E-state index contributed by atoms with van der Waals surface area (Å²) >= 11 is 0. The summed E-state index contributed by atoms with van der Waals surface area (Å²) in [7, 11) is -1.91. The summed E-state index contributed by atoms with van der Waals surface area (Å²) in [5.41, 5.74) is 1.06. The van der Waals surface area contributed by atoms with Crippen LogP contribution < -0.4 is 8.85 Å². The zero-order chi connectivity index (χ0) is 9.47. The number of fused-ring (bicyclic) bond motifs is 1. The molecule has 2 nitrogen and oxygen atoms in total. The SMILES string of the molecule is C=Cc1ccc2c(c1)O[Si](C)(C)O2. The van der Waals surface area contributed by atoms with Gasteiger partial charge in [-0.05, 0) is 17.7 Å². The van der Waals surface area contributed by atoms with Crippen molar-refractivity contribution in [2.75, 3.05) is 0 Å². The Balaban J connectivity index is 2.41. The van der Waals surface area contributed by atoms with Crippen molar-refractivity contribution in [3.05, 3.63) is 30.3 Å². The first-order valence-electron chi connectivity index (χ1n) is 4.25. The lowest BCUT2D eigenvalue weighted by molar-refractivity contribution is 0.474. The van der Waals surface area contributed by atoms with E-state index in [0.717, 1.165) is 17.1 Å². The van der Waals surface area contributed by atoms with Crippen LogP contribution in [0.25, 0.3) is 6.08 Å². The van der Waals surface area contributed by atoms with E-state index in [1.165, 1.54) is 0 Å². The van der Waals surface area contributed by atoms with E-state index < -0.39 is 8.56 Å². The number of rotatable bonds is 1. The zero-order valence-electron chi connectivity index (χ0n) is 7.83. The van der Waals surface area contributed by atoms with Crippen LogP contribution in [-0.4, -0.2) is 8.56 Å². The lowest BCUT2D eigenvalue weighted by Gasteiger charge is -2.11. The van der Waals surface area contributed by atoms with Crippen LogP contribution in [0.2, 0.25) is 13.1 Å². The minimum atomic E-state index is -1.91. The summed E-state index contributed by atoms with van der Waals surface area (Å²) in [6.07, 6.45) is 1.80. The molecule has 3 heteroatoms. The lowest BCUT2D eigenvalue weighted by Crippen LogP contribution is -2.36. The molecule has 68 valence electrons. The number of benzene rings is 1. The van der Waals surface area contributed by atoms with Crippen LogP contribution in [0.1, 0.15) is 5.56 Å². The van der Waals surface area contributed by atoms with Gasteiger partial charge in [-0.25, -0.2) is 0 Å². The highest BCUT2D eigenvalue weighted by molar-refractivity contribution is 6.67. The van der Waals surface area contributed by atoms with E-state index in [4.69, 9.17) is 8.85 Å². The third-order valence-electron chi connectivity index (χ3n) is 1.91. The molecule has 0 unspecified atom stereocenters. The van der Waals surface area contributed by atoms with E-state index in [-0.39, 0.29) is 0 Å². The molecule has 13 heavy (non-hydrogen) atoms. The minimum absolute atomic E-state index is 0.856. The topological polar surface area (TPSA) is 18.5 Å². The Morgan fingerprint density at radius 3 is 2.62 bits per heavy atom. The highest BCUT2D eigenvalue weighted by Crippen LogP contribution is 2.37. The molecular formula is C10H12O2Si. The Hall–Kier alpha value is -1.22. The normalized spacial score (nSPS) is 17.1. The summed E-state index contributed by atoms with van der Waals surface area (Å²) in [4.78, 5) is 0. The summed E-state index contributed by atoms with van der Waals surface area (Å²) in [6.45, 7) is 7.76. The van der Waals surface area contributed by atoms with E-state index in [0.29, 0.717) is 0 Å². The summed E-state index contributed by atoms with van der Waals surface area (Å²) in [6, 6.07) is 5.88. The monoisotopic (exact) mass is 192 g/mol. The van der Waals surface area contributed by atoms with E-state index in [1.54, 1.807) is 6.08 Å². The van der Waals surface area contributed by atoms with Crippen LogP contribution in [0.5, 0.6) is 11.5 Å². The third kappa shape index (κ3) is 1.47. The van der Waals surface area contributed by atoms with Gasteiger partial charge in [0.05, 0.1) is 0 Å². The molecule has 0 amide bonds. The Labute approximate surface area is 79.1 Å². The summed E-state index contributed by atoms with van der Waals surface area (Å²) < 4.78 is 11.4. The van der Waals surface area contributed by atoms with Gasteiger partial charge in [0.1, 0.15) is 11.5 Å². The van der Waals surface area contributed by atoms with Crippen LogP contribution in [0.4, 0.5) is 0 Å². The number of hydrogen-bond donors (Lipinski definition) is 0. The van der Waals surface area contributed by atoms with Crippen LogP contribution in [0.3, 0.4) is 0 Å². The van der Waals surface area contributed by atoms with Crippen LogP contribution in [0, 0.1) is 0 Å². The first-order valence-corrected chi connectivity index (χ1v) is 7.07. The molecule has 0 spiro atoms. The van der Waals surface area contributed by atoms with Crippen molar-refractivity contribution in [2.24, 2.45) is 0 Å². The van der Waals surface area contributed by atoms with E-state index in [9.17, 15) is 0 Å². The second kappa shape index (κ2) is 2.63. The molecule has 0 atom stereocenters. The lowest BCUT2D eigenvalue weighted by atomic mass is 10.2. The molecule has 0 bridgehead atoms. The van der Waals surface area contributed by atoms with Gasteiger partial charge in [0.25, 0.3) is 0 Å². The fourth-order valence-corrected chi connectivity index (χ4v) is 2.80. The van der Waals surface area contributed by atoms with Crippen molar-refractivity contribution in [1.29, 1.82) is 0 Å². The molecule has 1 aromatic carbocycles. The summed E-state index contributed by atoms with van der Waals surface area (Å²) in [5.74, 6) is 1.72. The van der Waals surface area contributed by atoms with Crippen molar-refractivity contribution in [1.82, 2.24) is 0 Å². The predicted molar refractivity (Wildman–Crippen MR) is 55.3 cm³/mol. The van der Waals surface area contributed by atoms with Gasteiger partial charge in [0.15, 0.2) is 0 Å². The molecule has 0 aromatic heterocycles. The Kier molecular flexibility index (Phi) is 1.70. The maximum atomic E-state index is 5.71. The minimum Gasteiger partial charge on any atom is -0.509 e. The van der Waals surface area contributed by atoms with E-state index in [1.807, 2.05) is 31.3 Å². The van der Waals surface area contributed by atoms with Crippen molar-refractivity contribution >= 4 is 14.6 Å². The largest absolute Gasteiger partial charge is 0.509 e. The first-order chi connectivity index (χ1) is 6.11. The van der Waals surface area contributed by atoms with Gasteiger partial charge < -0.3 is 8.85 Å². The molecule has 0 saturated heterocycles. The molecule has 0 saturated carbocycles. The van der Waals surface area contributed by atoms with Crippen molar-refractivity contribution in [3.63, 3.8) is 0 Å². The fourth-order valence-electron chi connectivity index (χ4n) is 1.37. The van der Waals surface area contributed by atoms with Gasteiger partial charge in [0, 0.05) is 13.1 Å².